The number of benzene rings is 6. The fraction of sp³-hybridized carbons (Fsp3) is 0.160. The summed E-state index contributed by atoms with van der Waals surface area (Å²) < 4.78 is 23.3. The van der Waals surface area contributed by atoms with E-state index in [4.69, 9.17) is 52.1 Å². The van der Waals surface area contributed by atoms with Crippen LogP contribution < -0.4 is 40.2 Å². The van der Waals surface area contributed by atoms with Crippen molar-refractivity contribution < 1.29 is 18.9 Å². The molecule has 8 aromatic rings. The highest BCUT2D eigenvalue weighted by molar-refractivity contribution is 6.28. The molecule has 14 nitrogen and oxygen atoms in total. The van der Waals surface area contributed by atoms with Crippen LogP contribution in [0.4, 0.5) is 46.5 Å². The molecule has 0 saturated carbocycles. The van der Waals surface area contributed by atoms with E-state index in [1.54, 1.807) is 28.4 Å². The molecule has 0 fully saturated rings. The molecule has 0 saturated heterocycles. The lowest BCUT2D eigenvalue weighted by Gasteiger charge is -2.43. The lowest BCUT2D eigenvalue weighted by atomic mass is 9.61. The lowest BCUT2D eigenvalue weighted by molar-refractivity contribution is 0.353. The van der Waals surface area contributed by atoms with E-state index in [0.717, 1.165) is 67.3 Å². The van der Waals surface area contributed by atoms with Gasteiger partial charge in [0.25, 0.3) is 0 Å². The number of nitrogens with one attached hydrogen (secondary N) is 4. The fourth-order valence-corrected chi connectivity index (χ4v) is 11.3. The molecule has 16 heteroatoms. The third-order valence-corrected chi connectivity index (χ3v) is 13.8. The SMILES string of the molecule is COc1cc2c(cc1OC)C1c3cc4ccc3C2c2ccc(cc21)Nc1nc(Cl)nc(n1)Nc1ccc2c(c1)C1c3cc(ccc3C2c2cc(OC)c(OC)cc21)Nc1nc(Cl)nc(n1)N4. The lowest BCUT2D eigenvalue weighted by Crippen LogP contribution is -2.28. The number of ether oxygens (including phenoxy) is 4. The monoisotopic (exact) mass is 910 g/mol. The maximum absolute atomic E-state index is 6.63. The Bertz CT molecular complexity index is 3050. The molecule has 0 spiro atoms. The van der Waals surface area contributed by atoms with Crippen LogP contribution in [0, 0.1) is 0 Å². The van der Waals surface area contributed by atoms with Crippen molar-refractivity contribution >= 4 is 69.7 Å². The van der Waals surface area contributed by atoms with Crippen molar-refractivity contribution in [1.82, 2.24) is 29.9 Å². The van der Waals surface area contributed by atoms with Crippen LogP contribution >= 0.6 is 23.2 Å². The second-order valence-electron chi connectivity index (χ2n) is 16.8. The molecule has 6 aliphatic carbocycles. The first-order chi connectivity index (χ1) is 32.2. The number of hydrogen-bond acceptors (Lipinski definition) is 14. The zero-order chi connectivity index (χ0) is 44.5. The highest BCUT2D eigenvalue weighted by Gasteiger charge is 2.44. The van der Waals surface area contributed by atoms with Crippen molar-refractivity contribution in [3.63, 3.8) is 0 Å². The van der Waals surface area contributed by atoms with Crippen LogP contribution in [0.5, 0.6) is 23.0 Å². The normalized spacial score (nSPS) is 18.0. The van der Waals surface area contributed by atoms with Crippen LogP contribution in [-0.2, 0) is 0 Å². The van der Waals surface area contributed by atoms with E-state index in [1.165, 1.54) is 22.3 Å². The number of nitrogens with zero attached hydrogens (tertiary/aromatic N) is 6. The van der Waals surface area contributed by atoms with Crippen molar-refractivity contribution in [2.75, 3.05) is 49.7 Å². The van der Waals surface area contributed by atoms with Gasteiger partial charge in [0.05, 0.1) is 28.4 Å². The van der Waals surface area contributed by atoms with Crippen molar-refractivity contribution in [2.24, 2.45) is 0 Å². The number of anilines is 8. The summed E-state index contributed by atoms with van der Waals surface area (Å²) in [4.78, 5) is 27.6. The molecular weight excluding hydrogens is 876 g/mol. The topological polar surface area (TPSA) is 162 Å². The third-order valence-electron chi connectivity index (χ3n) is 13.5. The van der Waals surface area contributed by atoms with Crippen molar-refractivity contribution in [1.29, 1.82) is 0 Å². The Labute approximate surface area is 387 Å². The molecule has 4 N–H and O–H groups in total. The summed E-state index contributed by atoms with van der Waals surface area (Å²) in [5.41, 5.74) is 17.0. The molecule has 324 valence electrons. The molecule has 3 heterocycles. The molecular formula is C50H36Cl2N10O4. The Kier molecular flexibility index (Phi) is 8.46. The Morgan fingerprint density at radius 3 is 0.788 bits per heavy atom. The molecule has 16 bridgehead atoms. The average Bonchev–Trinajstić information content (AvgIpc) is 3.31. The van der Waals surface area contributed by atoms with Gasteiger partial charge in [-0.1, -0.05) is 24.3 Å². The van der Waals surface area contributed by atoms with E-state index >= 15 is 0 Å². The number of halogens is 2. The Hall–Kier alpha value is -7.68. The minimum Gasteiger partial charge on any atom is -0.493 e. The van der Waals surface area contributed by atoms with Gasteiger partial charge < -0.3 is 40.2 Å². The number of aromatic nitrogens is 6. The van der Waals surface area contributed by atoms with Gasteiger partial charge in [0.1, 0.15) is 0 Å². The highest BCUT2D eigenvalue weighted by Crippen LogP contribution is 2.60. The summed E-state index contributed by atoms with van der Waals surface area (Å²) in [6.45, 7) is 0. The van der Waals surface area contributed by atoms with Crippen LogP contribution in [0.3, 0.4) is 0 Å². The molecule has 0 radical (unpaired) electrons. The van der Waals surface area contributed by atoms with Gasteiger partial charge in [-0.3, -0.25) is 0 Å². The van der Waals surface area contributed by atoms with E-state index < -0.39 is 0 Å². The predicted octanol–water partition coefficient (Wildman–Crippen LogP) is 10.7. The summed E-state index contributed by atoms with van der Waals surface area (Å²) in [7, 11) is 6.64. The fourth-order valence-electron chi connectivity index (χ4n) is 10.9. The van der Waals surface area contributed by atoms with Gasteiger partial charge in [0.15, 0.2) is 23.0 Å². The summed E-state index contributed by atoms with van der Waals surface area (Å²) >= 11 is 13.3. The molecule has 0 atom stereocenters. The second-order valence-corrected chi connectivity index (χ2v) is 17.5. The smallest absolute Gasteiger partial charge is 0.233 e. The van der Waals surface area contributed by atoms with Crippen LogP contribution in [0.2, 0.25) is 10.6 Å². The zero-order valence-electron chi connectivity index (χ0n) is 35.6. The minimum absolute atomic E-state index is 0.0444. The Balaban J connectivity index is 0.978. The predicted molar refractivity (Wildman–Crippen MR) is 251 cm³/mol. The molecule has 15 rings (SSSR count). The molecule has 7 aliphatic rings. The maximum Gasteiger partial charge on any atom is 0.233 e. The number of rotatable bonds is 4. The van der Waals surface area contributed by atoms with Gasteiger partial charge in [0.2, 0.25) is 34.4 Å². The molecule has 6 aromatic carbocycles. The quantitative estimate of drug-likeness (QED) is 0.132. The van der Waals surface area contributed by atoms with Gasteiger partial charge in [-0.25, -0.2) is 0 Å². The van der Waals surface area contributed by atoms with E-state index in [1.807, 2.05) is 24.3 Å². The number of hydrogen-bond donors (Lipinski definition) is 4. The summed E-state index contributed by atoms with van der Waals surface area (Å²) in [6.07, 6.45) is 0. The summed E-state index contributed by atoms with van der Waals surface area (Å²) in [6, 6.07) is 33.9. The van der Waals surface area contributed by atoms with Crippen LogP contribution in [0.15, 0.2) is 97.1 Å². The van der Waals surface area contributed by atoms with Crippen LogP contribution in [-0.4, -0.2) is 58.3 Å². The van der Waals surface area contributed by atoms with E-state index in [9.17, 15) is 0 Å². The first-order valence-electron chi connectivity index (χ1n) is 21.2. The van der Waals surface area contributed by atoms with E-state index in [0.29, 0.717) is 46.8 Å². The molecule has 66 heavy (non-hydrogen) atoms. The van der Waals surface area contributed by atoms with Crippen molar-refractivity contribution in [2.45, 2.75) is 23.7 Å². The summed E-state index contributed by atoms with van der Waals surface area (Å²) in [5, 5.41) is 13.8. The van der Waals surface area contributed by atoms with E-state index in [2.05, 4.69) is 114 Å². The first-order valence-corrected chi connectivity index (χ1v) is 22.0. The molecule has 2 aromatic heterocycles. The zero-order valence-corrected chi connectivity index (χ0v) is 37.1. The maximum atomic E-state index is 6.63. The third kappa shape index (κ3) is 5.80. The molecule has 0 unspecified atom stereocenters. The van der Waals surface area contributed by atoms with Crippen LogP contribution in [0.25, 0.3) is 0 Å². The highest BCUT2D eigenvalue weighted by atomic mass is 35.5. The molecule has 1 aliphatic heterocycles. The number of methoxy groups -OCH3 is 4. The van der Waals surface area contributed by atoms with Gasteiger partial charge in [-0.05, 0) is 163 Å². The molecule has 0 amide bonds. The first kappa shape index (κ1) is 38.8. The van der Waals surface area contributed by atoms with Gasteiger partial charge in [-0.15, -0.1) is 0 Å². The van der Waals surface area contributed by atoms with Crippen molar-refractivity contribution in [3.05, 3.63) is 174 Å². The van der Waals surface area contributed by atoms with Gasteiger partial charge in [0, 0.05) is 46.4 Å². The van der Waals surface area contributed by atoms with Crippen LogP contribution in [0.1, 0.15) is 90.4 Å². The minimum atomic E-state index is -0.166. The van der Waals surface area contributed by atoms with Gasteiger partial charge >= 0.3 is 0 Å². The second kappa shape index (κ2) is 14.4. The summed E-state index contributed by atoms with van der Waals surface area (Å²) in [5.74, 6) is 3.36. The Morgan fingerprint density at radius 1 is 0.318 bits per heavy atom. The van der Waals surface area contributed by atoms with E-state index in [-0.39, 0.29) is 34.2 Å². The standard InChI is InChI=1S/C50H36Cl2N10O4/c1-63-37-17-33-35(19-39(37)65-3)43-29-13-21-5-9-25(29)41(33)26-10-6-22(14-30(26)43)54-48-58-46(52)60-50(62-48)56-24-8-12-28-32(16-24)44-31-15-23(55-49-59-45(51)57-47(53-21)61-49)7-11-27(31)42(28)34-18-38(64-2)40(66-4)20-36(34)44/h5-20,41-44H,1-4H3,(H2,53,55,57,59,61)(H2,54,56,58,60,62). The Morgan fingerprint density at radius 2 is 0.545 bits per heavy atom. The number of fused-ring (bicyclic) bond motifs is 8. The van der Waals surface area contributed by atoms with Gasteiger partial charge in [-0.2, -0.15) is 29.9 Å². The van der Waals surface area contributed by atoms with Crippen molar-refractivity contribution in [3.8, 4) is 23.0 Å². The largest absolute Gasteiger partial charge is 0.493 e. The average molecular weight is 912 g/mol.